The van der Waals surface area contributed by atoms with Crippen LogP contribution in [0.1, 0.15) is 59.9 Å². The number of amides is 2. The second-order valence-electron chi connectivity index (χ2n) is 8.57. The van der Waals surface area contributed by atoms with Crippen LogP contribution in [-0.2, 0) is 16.1 Å². The minimum atomic E-state index is -0.372. The van der Waals surface area contributed by atoms with Crippen LogP contribution in [0.25, 0.3) is 10.4 Å². The third-order valence-corrected chi connectivity index (χ3v) is 6.05. The highest BCUT2D eigenvalue weighted by molar-refractivity contribution is 7.13. The molecule has 7 nitrogen and oxygen atoms in total. The Morgan fingerprint density at radius 2 is 1.97 bits per heavy atom. The van der Waals surface area contributed by atoms with Gasteiger partial charge in [-0.05, 0) is 36.3 Å². The number of nitrogens with two attached hydrogens (primary N) is 1. The van der Waals surface area contributed by atoms with E-state index in [4.69, 9.17) is 5.73 Å². The maximum Gasteiger partial charge on any atom is 0.240 e. The van der Waals surface area contributed by atoms with Crippen molar-refractivity contribution in [1.82, 2.24) is 15.2 Å². The Hall–Kier alpha value is -2.45. The molecule has 4 N–H and O–H groups in total. The van der Waals surface area contributed by atoms with Gasteiger partial charge in [0.2, 0.25) is 18.2 Å². The van der Waals surface area contributed by atoms with Crippen LogP contribution in [0.15, 0.2) is 29.8 Å². The number of nitrogens with one attached hydrogen (secondary N) is 1. The molecule has 0 aliphatic carbocycles. The standard InChI is InChI=1S/C11H10N2O2S.C11H22N2O.C2H6/c14-6-12-5-8-1-3-9(4-2-8)10-11(15)13-7-16-10;1-8-6-5-7-13(8)10(14)9(12)11(2,3)4;1-2/h1-4,6-7,15H,5H2,(H,12,14);8-9H,5-7,12H2,1-4H3;1-2H3. The molecule has 1 aliphatic rings. The zero-order valence-corrected chi connectivity index (χ0v) is 20.9. The van der Waals surface area contributed by atoms with E-state index in [-0.39, 0.29) is 23.2 Å². The van der Waals surface area contributed by atoms with Gasteiger partial charge in [-0.2, -0.15) is 0 Å². The summed E-state index contributed by atoms with van der Waals surface area (Å²) in [4.78, 5) is 28.6. The quantitative estimate of drug-likeness (QED) is 0.578. The van der Waals surface area contributed by atoms with Gasteiger partial charge >= 0.3 is 0 Å². The van der Waals surface area contributed by atoms with Gasteiger partial charge < -0.3 is 21.1 Å². The number of benzene rings is 1. The van der Waals surface area contributed by atoms with E-state index in [1.165, 1.54) is 11.3 Å². The van der Waals surface area contributed by atoms with E-state index in [1.54, 1.807) is 5.51 Å². The van der Waals surface area contributed by atoms with Crippen molar-refractivity contribution in [3.63, 3.8) is 0 Å². The molecule has 0 spiro atoms. The minimum absolute atomic E-state index is 0.0590. The van der Waals surface area contributed by atoms with Crippen LogP contribution in [0.3, 0.4) is 0 Å². The average Bonchev–Trinajstić information content (AvgIpc) is 3.41. The Balaban J connectivity index is 0.000000300. The molecule has 2 aromatic rings. The normalized spacial score (nSPS) is 16.2. The number of carbonyl (C=O) groups is 2. The molecule has 1 saturated heterocycles. The Kier molecular flexibility index (Phi) is 11.4. The van der Waals surface area contributed by atoms with Crippen LogP contribution in [0.4, 0.5) is 0 Å². The van der Waals surface area contributed by atoms with E-state index in [0.29, 0.717) is 19.0 Å². The van der Waals surface area contributed by atoms with E-state index in [0.717, 1.165) is 35.4 Å². The summed E-state index contributed by atoms with van der Waals surface area (Å²) in [5, 5.41) is 12.0. The first-order chi connectivity index (χ1) is 15.1. The fraction of sp³-hybridized carbons (Fsp3) is 0.542. The zero-order chi connectivity index (χ0) is 24.3. The molecule has 0 radical (unpaired) electrons. The SMILES string of the molecule is CC.CC1CCCN1C(=O)C(N)C(C)(C)C.O=CNCc1ccc(-c2scnc2O)cc1. The molecule has 1 aliphatic heterocycles. The van der Waals surface area contributed by atoms with Crippen molar-refractivity contribution >= 4 is 23.7 Å². The first-order valence-electron chi connectivity index (χ1n) is 11.1. The molecule has 2 atom stereocenters. The maximum atomic E-state index is 12.0. The highest BCUT2D eigenvalue weighted by atomic mass is 32.1. The molecular formula is C24H38N4O3S. The van der Waals surface area contributed by atoms with Crippen molar-refractivity contribution < 1.29 is 14.7 Å². The Labute approximate surface area is 196 Å². The molecule has 2 heterocycles. The predicted octanol–water partition coefficient (Wildman–Crippen LogP) is 4.16. The molecule has 3 rings (SSSR count). The number of thiazole rings is 1. The van der Waals surface area contributed by atoms with Gasteiger partial charge in [0.1, 0.15) is 0 Å². The fourth-order valence-electron chi connectivity index (χ4n) is 3.18. The number of hydrogen-bond donors (Lipinski definition) is 3. The third-order valence-electron chi connectivity index (χ3n) is 5.19. The summed E-state index contributed by atoms with van der Waals surface area (Å²) >= 11 is 1.39. The van der Waals surface area contributed by atoms with Gasteiger partial charge in [0.05, 0.1) is 16.4 Å². The molecule has 2 amide bonds. The van der Waals surface area contributed by atoms with Crippen molar-refractivity contribution in [2.24, 2.45) is 11.1 Å². The lowest BCUT2D eigenvalue weighted by atomic mass is 9.86. The van der Waals surface area contributed by atoms with Gasteiger partial charge in [-0.15, -0.1) is 11.3 Å². The van der Waals surface area contributed by atoms with Crippen LogP contribution in [0.5, 0.6) is 5.88 Å². The highest BCUT2D eigenvalue weighted by Gasteiger charge is 2.34. The lowest BCUT2D eigenvalue weighted by Crippen LogP contribution is -2.51. The number of carbonyl (C=O) groups excluding carboxylic acids is 2. The summed E-state index contributed by atoms with van der Waals surface area (Å²) in [5.74, 6) is 0.172. The number of likely N-dealkylation sites (tertiary alicyclic amines) is 1. The summed E-state index contributed by atoms with van der Waals surface area (Å²) in [5.41, 5.74) is 9.35. The van der Waals surface area contributed by atoms with Crippen LogP contribution < -0.4 is 11.1 Å². The van der Waals surface area contributed by atoms with Gasteiger partial charge in [0, 0.05) is 19.1 Å². The molecule has 1 aromatic heterocycles. The van der Waals surface area contributed by atoms with Crippen LogP contribution in [0.2, 0.25) is 0 Å². The van der Waals surface area contributed by atoms with Gasteiger partial charge in [-0.3, -0.25) is 9.59 Å². The molecule has 1 aromatic carbocycles. The molecule has 178 valence electrons. The fourth-order valence-corrected chi connectivity index (χ4v) is 3.87. The first kappa shape index (κ1) is 27.6. The van der Waals surface area contributed by atoms with E-state index in [9.17, 15) is 14.7 Å². The van der Waals surface area contributed by atoms with Crippen LogP contribution in [-0.4, -0.2) is 45.9 Å². The summed E-state index contributed by atoms with van der Waals surface area (Å²) in [6.45, 7) is 13.5. The summed E-state index contributed by atoms with van der Waals surface area (Å²) in [6.07, 6.45) is 2.90. The summed E-state index contributed by atoms with van der Waals surface area (Å²) in [6, 6.07) is 7.61. The van der Waals surface area contributed by atoms with E-state index in [2.05, 4.69) is 17.2 Å². The van der Waals surface area contributed by atoms with Crippen molar-refractivity contribution in [3.05, 3.63) is 35.3 Å². The number of hydrogen-bond acceptors (Lipinski definition) is 6. The minimum Gasteiger partial charge on any atom is -0.492 e. The Morgan fingerprint density at radius 3 is 2.41 bits per heavy atom. The van der Waals surface area contributed by atoms with Gasteiger partial charge in [0.25, 0.3) is 0 Å². The molecular weight excluding hydrogens is 424 g/mol. The zero-order valence-electron chi connectivity index (χ0n) is 20.1. The van der Waals surface area contributed by atoms with Gasteiger partial charge in [-0.25, -0.2) is 4.98 Å². The molecule has 0 bridgehead atoms. The van der Waals surface area contributed by atoms with Crippen molar-refractivity contribution in [2.75, 3.05) is 6.54 Å². The second-order valence-corrected chi connectivity index (χ2v) is 9.42. The number of rotatable bonds is 5. The molecule has 1 fully saturated rings. The van der Waals surface area contributed by atoms with Crippen LogP contribution >= 0.6 is 11.3 Å². The average molecular weight is 463 g/mol. The lowest BCUT2D eigenvalue weighted by molar-refractivity contribution is -0.135. The largest absolute Gasteiger partial charge is 0.492 e. The number of aromatic hydroxyl groups is 1. The predicted molar refractivity (Wildman–Crippen MR) is 131 cm³/mol. The van der Waals surface area contributed by atoms with Crippen molar-refractivity contribution in [1.29, 1.82) is 0 Å². The highest BCUT2D eigenvalue weighted by Crippen LogP contribution is 2.32. The van der Waals surface area contributed by atoms with Crippen molar-refractivity contribution in [3.8, 4) is 16.3 Å². The monoisotopic (exact) mass is 462 g/mol. The molecule has 2 unspecified atom stereocenters. The van der Waals surface area contributed by atoms with E-state index in [1.807, 2.05) is 63.8 Å². The van der Waals surface area contributed by atoms with Crippen molar-refractivity contribution in [2.45, 2.75) is 73.0 Å². The topological polar surface area (TPSA) is 109 Å². The Bertz CT molecular complexity index is 827. The summed E-state index contributed by atoms with van der Waals surface area (Å²) < 4.78 is 0. The smallest absolute Gasteiger partial charge is 0.240 e. The molecule has 0 saturated carbocycles. The second kappa shape index (κ2) is 13.2. The number of aromatic nitrogens is 1. The molecule has 32 heavy (non-hydrogen) atoms. The van der Waals surface area contributed by atoms with E-state index >= 15 is 0 Å². The lowest BCUT2D eigenvalue weighted by Gasteiger charge is -2.31. The third kappa shape index (κ3) is 7.91. The Morgan fingerprint density at radius 1 is 1.34 bits per heavy atom. The number of nitrogens with zero attached hydrogens (tertiary/aromatic N) is 2. The maximum absolute atomic E-state index is 12.0. The van der Waals surface area contributed by atoms with Gasteiger partial charge in [0.15, 0.2) is 0 Å². The van der Waals surface area contributed by atoms with E-state index < -0.39 is 0 Å². The molecule has 8 heteroatoms. The first-order valence-corrected chi connectivity index (χ1v) is 12.0. The van der Waals surface area contributed by atoms with Crippen LogP contribution in [0, 0.1) is 5.41 Å². The summed E-state index contributed by atoms with van der Waals surface area (Å²) in [7, 11) is 0. The van der Waals surface area contributed by atoms with Gasteiger partial charge in [-0.1, -0.05) is 58.9 Å².